The fourth-order valence-electron chi connectivity index (χ4n) is 1.71. The van der Waals surface area contributed by atoms with Crippen LogP contribution in [-0.2, 0) is 4.74 Å². The van der Waals surface area contributed by atoms with E-state index in [9.17, 15) is 4.79 Å². The largest absolute Gasteiger partial charge is 0.465 e. The Bertz CT molecular complexity index is 626. The predicted octanol–water partition coefficient (Wildman–Crippen LogP) is 4.95. The van der Waals surface area contributed by atoms with Crippen molar-refractivity contribution in [2.75, 3.05) is 7.11 Å². The Morgan fingerprint density at radius 2 is 1.50 bits per heavy atom. The van der Waals surface area contributed by atoms with Gasteiger partial charge in [0, 0.05) is 10.0 Å². The molecule has 0 spiro atoms. The minimum absolute atomic E-state index is 0.345. The van der Waals surface area contributed by atoms with Gasteiger partial charge in [-0.1, -0.05) is 47.5 Å². The van der Waals surface area contributed by atoms with E-state index in [1.807, 2.05) is 36.4 Å². The Kier molecular flexibility index (Phi) is 4.83. The summed E-state index contributed by atoms with van der Waals surface area (Å²) in [4.78, 5) is 11.3. The molecule has 2 aromatic carbocycles. The van der Waals surface area contributed by atoms with Gasteiger partial charge >= 0.3 is 5.97 Å². The second kappa shape index (κ2) is 6.60. The van der Waals surface area contributed by atoms with Crippen LogP contribution in [0.15, 0.2) is 42.5 Å². The molecule has 2 nitrogen and oxygen atoms in total. The van der Waals surface area contributed by atoms with Crippen molar-refractivity contribution >= 4 is 41.3 Å². The molecule has 0 bridgehead atoms. The van der Waals surface area contributed by atoms with Crippen molar-refractivity contribution in [2.24, 2.45) is 0 Å². The summed E-state index contributed by atoms with van der Waals surface area (Å²) in [6, 6.07) is 12.5. The molecule has 0 aliphatic carbocycles. The third-order valence-corrected chi connectivity index (χ3v) is 3.12. The van der Waals surface area contributed by atoms with Gasteiger partial charge in [0.05, 0.1) is 12.7 Å². The first kappa shape index (κ1) is 14.6. The molecule has 2 rings (SSSR count). The molecule has 0 atom stereocenters. The minimum atomic E-state index is -0.345. The van der Waals surface area contributed by atoms with Crippen LogP contribution in [0.4, 0.5) is 0 Å². The predicted molar refractivity (Wildman–Crippen MR) is 83.2 cm³/mol. The van der Waals surface area contributed by atoms with Crippen molar-refractivity contribution in [2.45, 2.75) is 0 Å². The number of halogens is 2. The van der Waals surface area contributed by atoms with Gasteiger partial charge in [0.2, 0.25) is 0 Å². The van der Waals surface area contributed by atoms with Crippen LogP contribution in [-0.4, -0.2) is 13.1 Å². The summed E-state index contributed by atoms with van der Waals surface area (Å²) < 4.78 is 4.65. The van der Waals surface area contributed by atoms with Crippen LogP contribution in [0.5, 0.6) is 0 Å². The van der Waals surface area contributed by atoms with E-state index in [2.05, 4.69) is 4.74 Å². The normalized spacial score (nSPS) is 10.8. The average Bonchev–Trinajstić information content (AvgIpc) is 2.44. The number of ether oxygens (including phenoxy) is 1. The van der Waals surface area contributed by atoms with Gasteiger partial charge < -0.3 is 4.74 Å². The van der Waals surface area contributed by atoms with E-state index in [4.69, 9.17) is 23.2 Å². The number of esters is 1. The number of benzene rings is 2. The number of hydrogen-bond donors (Lipinski definition) is 0. The molecular weight excluding hydrogens is 295 g/mol. The fourth-order valence-corrected chi connectivity index (χ4v) is 2.25. The number of methoxy groups -OCH3 is 1. The maximum atomic E-state index is 11.3. The van der Waals surface area contributed by atoms with E-state index in [1.165, 1.54) is 7.11 Å². The molecule has 0 saturated carbocycles. The standard InChI is InChI=1S/C16H12Cl2O2/c1-20-16(19)13-6-4-11(5-7-13)2-3-12-8-14(17)10-15(18)9-12/h2-10H,1H3. The molecule has 0 N–H and O–H groups in total. The Balaban J connectivity index is 2.17. The lowest BCUT2D eigenvalue weighted by atomic mass is 10.1. The van der Waals surface area contributed by atoms with Crippen LogP contribution >= 0.6 is 23.2 Å². The second-order valence-electron chi connectivity index (χ2n) is 4.15. The number of carbonyl (C=O) groups is 1. The van der Waals surface area contributed by atoms with Crippen molar-refractivity contribution in [1.29, 1.82) is 0 Å². The number of hydrogen-bond acceptors (Lipinski definition) is 2. The summed E-state index contributed by atoms with van der Waals surface area (Å²) in [7, 11) is 1.36. The third kappa shape index (κ3) is 3.86. The maximum absolute atomic E-state index is 11.3. The van der Waals surface area contributed by atoms with Crippen LogP contribution in [0, 0.1) is 0 Å². The summed E-state index contributed by atoms with van der Waals surface area (Å²) in [5, 5.41) is 1.19. The summed E-state index contributed by atoms with van der Waals surface area (Å²) >= 11 is 11.9. The SMILES string of the molecule is COC(=O)c1ccc(C=Cc2cc(Cl)cc(Cl)c2)cc1. The van der Waals surface area contributed by atoms with Gasteiger partial charge in [-0.05, 0) is 41.5 Å². The lowest BCUT2D eigenvalue weighted by Gasteiger charge is -2.00. The highest BCUT2D eigenvalue weighted by Crippen LogP contribution is 2.20. The van der Waals surface area contributed by atoms with Gasteiger partial charge in [-0.25, -0.2) is 4.79 Å². The Morgan fingerprint density at radius 3 is 2.05 bits per heavy atom. The lowest BCUT2D eigenvalue weighted by Crippen LogP contribution is -2.00. The number of rotatable bonds is 3. The van der Waals surface area contributed by atoms with Crippen LogP contribution in [0.1, 0.15) is 21.5 Å². The summed E-state index contributed by atoms with van der Waals surface area (Å²) in [6.07, 6.45) is 3.83. The Hall–Kier alpha value is -1.77. The van der Waals surface area contributed by atoms with Crippen molar-refractivity contribution in [3.8, 4) is 0 Å². The first-order valence-electron chi connectivity index (χ1n) is 5.91. The molecule has 0 aromatic heterocycles. The molecule has 0 heterocycles. The topological polar surface area (TPSA) is 26.3 Å². The lowest BCUT2D eigenvalue weighted by molar-refractivity contribution is 0.0601. The molecule has 0 amide bonds. The first-order chi connectivity index (χ1) is 9.58. The molecule has 20 heavy (non-hydrogen) atoms. The van der Waals surface area contributed by atoms with Crippen LogP contribution in [0.25, 0.3) is 12.2 Å². The van der Waals surface area contributed by atoms with E-state index in [0.29, 0.717) is 15.6 Å². The second-order valence-corrected chi connectivity index (χ2v) is 5.02. The van der Waals surface area contributed by atoms with Crippen LogP contribution < -0.4 is 0 Å². The van der Waals surface area contributed by atoms with Crippen LogP contribution in [0.3, 0.4) is 0 Å². The number of carbonyl (C=O) groups excluding carboxylic acids is 1. The summed E-state index contributed by atoms with van der Waals surface area (Å²) in [6.45, 7) is 0. The Labute approximate surface area is 127 Å². The van der Waals surface area contributed by atoms with E-state index >= 15 is 0 Å². The molecule has 0 saturated heterocycles. The van der Waals surface area contributed by atoms with Gasteiger partial charge in [0.1, 0.15) is 0 Å². The smallest absolute Gasteiger partial charge is 0.337 e. The molecule has 4 heteroatoms. The molecule has 0 aliphatic rings. The van der Waals surface area contributed by atoms with E-state index < -0.39 is 0 Å². The zero-order valence-corrected chi connectivity index (χ0v) is 12.3. The minimum Gasteiger partial charge on any atom is -0.465 e. The molecule has 0 radical (unpaired) electrons. The van der Waals surface area contributed by atoms with Gasteiger partial charge in [-0.3, -0.25) is 0 Å². The molecule has 2 aromatic rings. The highest BCUT2D eigenvalue weighted by atomic mass is 35.5. The molecule has 0 unspecified atom stereocenters. The molecule has 0 fully saturated rings. The zero-order valence-electron chi connectivity index (χ0n) is 10.8. The van der Waals surface area contributed by atoms with E-state index in [1.54, 1.807) is 18.2 Å². The third-order valence-electron chi connectivity index (χ3n) is 2.68. The first-order valence-corrected chi connectivity index (χ1v) is 6.66. The van der Waals surface area contributed by atoms with Crippen molar-refractivity contribution < 1.29 is 9.53 Å². The van der Waals surface area contributed by atoms with Gasteiger partial charge in [0.25, 0.3) is 0 Å². The summed E-state index contributed by atoms with van der Waals surface area (Å²) in [5.41, 5.74) is 2.41. The zero-order chi connectivity index (χ0) is 14.5. The van der Waals surface area contributed by atoms with Gasteiger partial charge in [-0.2, -0.15) is 0 Å². The molecule has 102 valence electrons. The Morgan fingerprint density at radius 1 is 0.950 bits per heavy atom. The highest BCUT2D eigenvalue weighted by Gasteiger charge is 2.03. The van der Waals surface area contributed by atoms with Gasteiger partial charge in [-0.15, -0.1) is 0 Å². The van der Waals surface area contributed by atoms with Crippen LogP contribution in [0.2, 0.25) is 10.0 Å². The maximum Gasteiger partial charge on any atom is 0.337 e. The summed E-state index contributed by atoms with van der Waals surface area (Å²) in [5.74, 6) is -0.345. The molecular formula is C16H12Cl2O2. The highest BCUT2D eigenvalue weighted by molar-refractivity contribution is 6.34. The van der Waals surface area contributed by atoms with Gasteiger partial charge in [0.15, 0.2) is 0 Å². The molecule has 0 aliphatic heterocycles. The quantitative estimate of drug-likeness (QED) is 0.592. The van der Waals surface area contributed by atoms with Crippen molar-refractivity contribution in [3.05, 3.63) is 69.2 Å². The fraction of sp³-hybridized carbons (Fsp3) is 0.0625. The average molecular weight is 307 g/mol. The monoisotopic (exact) mass is 306 g/mol. The van der Waals surface area contributed by atoms with E-state index in [-0.39, 0.29) is 5.97 Å². The van der Waals surface area contributed by atoms with Crippen molar-refractivity contribution in [1.82, 2.24) is 0 Å². The van der Waals surface area contributed by atoms with E-state index in [0.717, 1.165) is 11.1 Å². The van der Waals surface area contributed by atoms with Crippen molar-refractivity contribution in [3.63, 3.8) is 0 Å².